The summed E-state index contributed by atoms with van der Waals surface area (Å²) < 4.78 is 4.67. The van der Waals surface area contributed by atoms with Crippen LogP contribution >= 0.6 is 0 Å². The number of carbonyl (C=O) groups excluding carboxylic acids is 1. The molecule has 4 rings (SSSR count). The lowest BCUT2D eigenvalue weighted by atomic mass is 9.92. The van der Waals surface area contributed by atoms with Gasteiger partial charge >= 0.3 is 5.97 Å². The maximum Gasteiger partial charge on any atom is 0.330 e. The Morgan fingerprint density at radius 3 is 2.23 bits per heavy atom. The van der Waals surface area contributed by atoms with E-state index in [-0.39, 0.29) is 5.97 Å². The second-order valence-electron chi connectivity index (χ2n) is 5.37. The summed E-state index contributed by atoms with van der Waals surface area (Å²) >= 11 is 0. The molecule has 2 nitrogen and oxygen atoms in total. The SMILES string of the molecule is COC(=O)C=Cc1ccc2ccc3cccc4ccc1c2c34. The van der Waals surface area contributed by atoms with Crippen molar-refractivity contribution in [2.24, 2.45) is 0 Å². The third-order valence-corrected chi connectivity index (χ3v) is 4.16. The molecule has 4 aromatic rings. The molecule has 0 saturated heterocycles. The fourth-order valence-corrected chi connectivity index (χ4v) is 3.13. The number of hydrogen-bond donors (Lipinski definition) is 0. The van der Waals surface area contributed by atoms with Gasteiger partial charge in [-0.2, -0.15) is 0 Å². The topological polar surface area (TPSA) is 26.3 Å². The third-order valence-electron chi connectivity index (χ3n) is 4.16. The van der Waals surface area contributed by atoms with E-state index in [4.69, 9.17) is 0 Å². The largest absolute Gasteiger partial charge is 0.466 e. The van der Waals surface area contributed by atoms with Gasteiger partial charge in [-0.05, 0) is 44.0 Å². The van der Waals surface area contributed by atoms with Gasteiger partial charge in [-0.3, -0.25) is 0 Å². The first-order valence-electron chi connectivity index (χ1n) is 7.20. The zero-order valence-corrected chi connectivity index (χ0v) is 12.2. The smallest absolute Gasteiger partial charge is 0.330 e. The molecule has 0 spiro atoms. The van der Waals surface area contributed by atoms with Crippen LogP contribution < -0.4 is 0 Å². The summed E-state index contributed by atoms with van der Waals surface area (Å²) in [5.74, 6) is -0.342. The fraction of sp³-hybridized carbons (Fsp3) is 0.0500. The summed E-state index contributed by atoms with van der Waals surface area (Å²) in [4.78, 5) is 11.3. The van der Waals surface area contributed by atoms with Gasteiger partial charge in [0.25, 0.3) is 0 Å². The Morgan fingerprint density at radius 1 is 0.864 bits per heavy atom. The second-order valence-corrected chi connectivity index (χ2v) is 5.37. The van der Waals surface area contributed by atoms with E-state index in [2.05, 4.69) is 53.3 Å². The van der Waals surface area contributed by atoms with Gasteiger partial charge in [-0.1, -0.05) is 54.6 Å². The van der Waals surface area contributed by atoms with Crippen LogP contribution in [0.4, 0.5) is 0 Å². The molecular weight excluding hydrogens is 272 g/mol. The molecule has 0 N–H and O–H groups in total. The molecule has 0 unspecified atom stereocenters. The lowest BCUT2D eigenvalue weighted by Crippen LogP contribution is -1.93. The summed E-state index contributed by atoms with van der Waals surface area (Å²) in [6.45, 7) is 0. The van der Waals surface area contributed by atoms with Crippen LogP contribution in [0.15, 0.2) is 60.7 Å². The van der Waals surface area contributed by atoms with Crippen LogP contribution in [-0.2, 0) is 9.53 Å². The van der Waals surface area contributed by atoms with Crippen molar-refractivity contribution in [3.05, 3.63) is 66.2 Å². The van der Waals surface area contributed by atoms with Gasteiger partial charge in [-0.25, -0.2) is 4.79 Å². The summed E-state index contributed by atoms with van der Waals surface area (Å²) in [7, 11) is 1.39. The van der Waals surface area contributed by atoms with Crippen molar-refractivity contribution in [3.63, 3.8) is 0 Å². The molecule has 0 aromatic heterocycles. The van der Waals surface area contributed by atoms with E-state index in [1.807, 2.05) is 12.1 Å². The maximum absolute atomic E-state index is 11.3. The van der Waals surface area contributed by atoms with Crippen molar-refractivity contribution in [2.45, 2.75) is 0 Å². The van der Waals surface area contributed by atoms with Crippen molar-refractivity contribution in [1.82, 2.24) is 0 Å². The van der Waals surface area contributed by atoms with Crippen LogP contribution in [0.1, 0.15) is 5.56 Å². The first-order valence-corrected chi connectivity index (χ1v) is 7.20. The Kier molecular flexibility index (Phi) is 2.83. The lowest BCUT2D eigenvalue weighted by Gasteiger charge is -2.12. The van der Waals surface area contributed by atoms with Crippen LogP contribution in [0, 0.1) is 0 Å². The molecule has 0 heterocycles. The number of methoxy groups -OCH3 is 1. The van der Waals surface area contributed by atoms with Crippen LogP contribution in [0.25, 0.3) is 38.4 Å². The molecule has 0 aliphatic carbocycles. The number of ether oxygens (including phenoxy) is 1. The maximum atomic E-state index is 11.3. The number of rotatable bonds is 2. The first kappa shape index (κ1) is 12.8. The molecule has 0 amide bonds. The van der Waals surface area contributed by atoms with Crippen LogP contribution in [0.3, 0.4) is 0 Å². The number of hydrogen-bond acceptors (Lipinski definition) is 2. The highest BCUT2D eigenvalue weighted by Gasteiger charge is 2.09. The summed E-state index contributed by atoms with van der Waals surface area (Å²) in [5.41, 5.74) is 1.02. The monoisotopic (exact) mass is 286 g/mol. The van der Waals surface area contributed by atoms with E-state index >= 15 is 0 Å². The molecule has 0 radical (unpaired) electrons. The predicted octanol–water partition coefficient (Wildman–Crippen LogP) is 4.77. The highest BCUT2D eigenvalue weighted by Crippen LogP contribution is 2.36. The van der Waals surface area contributed by atoms with E-state index < -0.39 is 0 Å². The van der Waals surface area contributed by atoms with Gasteiger partial charge in [-0.15, -0.1) is 0 Å². The van der Waals surface area contributed by atoms with Crippen LogP contribution in [0.2, 0.25) is 0 Å². The predicted molar refractivity (Wildman–Crippen MR) is 91.2 cm³/mol. The Labute approximate surface area is 128 Å². The van der Waals surface area contributed by atoms with Gasteiger partial charge in [0.2, 0.25) is 0 Å². The zero-order valence-electron chi connectivity index (χ0n) is 12.2. The minimum atomic E-state index is -0.342. The highest BCUT2D eigenvalue weighted by molar-refractivity contribution is 6.24. The minimum absolute atomic E-state index is 0.342. The van der Waals surface area contributed by atoms with Gasteiger partial charge in [0, 0.05) is 6.08 Å². The highest BCUT2D eigenvalue weighted by atomic mass is 16.5. The molecular formula is C20H14O2. The number of carbonyl (C=O) groups is 1. The van der Waals surface area contributed by atoms with E-state index in [1.54, 1.807) is 0 Å². The second kappa shape index (κ2) is 4.85. The fourth-order valence-electron chi connectivity index (χ4n) is 3.13. The van der Waals surface area contributed by atoms with E-state index in [1.165, 1.54) is 40.1 Å². The molecule has 0 saturated carbocycles. The average Bonchev–Trinajstić information content (AvgIpc) is 2.58. The molecule has 0 bridgehead atoms. The van der Waals surface area contributed by atoms with Crippen molar-refractivity contribution in [3.8, 4) is 0 Å². The zero-order chi connectivity index (χ0) is 15.1. The van der Waals surface area contributed by atoms with Gasteiger partial charge in [0.05, 0.1) is 7.11 Å². The minimum Gasteiger partial charge on any atom is -0.466 e. The van der Waals surface area contributed by atoms with Gasteiger partial charge in [0.15, 0.2) is 0 Å². The van der Waals surface area contributed by atoms with Crippen LogP contribution in [-0.4, -0.2) is 13.1 Å². The van der Waals surface area contributed by atoms with Crippen molar-refractivity contribution < 1.29 is 9.53 Å². The quantitative estimate of drug-likeness (QED) is 0.301. The molecule has 22 heavy (non-hydrogen) atoms. The first-order chi connectivity index (χ1) is 10.8. The lowest BCUT2D eigenvalue weighted by molar-refractivity contribution is -0.134. The molecule has 0 atom stereocenters. The normalized spacial score (nSPS) is 11.9. The van der Waals surface area contributed by atoms with E-state index in [9.17, 15) is 4.79 Å². The van der Waals surface area contributed by atoms with Crippen LogP contribution in [0.5, 0.6) is 0 Å². The van der Waals surface area contributed by atoms with Gasteiger partial charge in [0.1, 0.15) is 0 Å². The Bertz CT molecular complexity index is 1010. The summed E-state index contributed by atoms with van der Waals surface area (Å²) in [6.07, 6.45) is 3.28. The van der Waals surface area contributed by atoms with E-state index in [0.29, 0.717) is 0 Å². The molecule has 0 aliphatic rings. The molecule has 2 heteroatoms. The van der Waals surface area contributed by atoms with Crippen molar-refractivity contribution >= 4 is 44.4 Å². The molecule has 106 valence electrons. The van der Waals surface area contributed by atoms with E-state index in [0.717, 1.165) is 10.9 Å². The van der Waals surface area contributed by atoms with Crippen molar-refractivity contribution in [2.75, 3.05) is 7.11 Å². The Balaban J connectivity index is 2.08. The van der Waals surface area contributed by atoms with Crippen molar-refractivity contribution in [1.29, 1.82) is 0 Å². The molecule has 0 fully saturated rings. The Morgan fingerprint density at radius 2 is 1.50 bits per heavy atom. The molecule has 0 aliphatic heterocycles. The third kappa shape index (κ3) is 1.85. The number of esters is 1. The summed E-state index contributed by atoms with van der Waals surface area (Å²) in [6, 6.07) is 19.1. The molecule has 4 aromatic carbocycles. The standard InChI is InChI=1S/C20H14O2/c1-22-18(21)12-10-13-5-6-16-8-7-14-3-2-4-15-9-11-17(13)20(16)19(14)15/h2-12H,1H3. The summed E-state index contributed by atoms with van der Waals surface area (Å²) in [5, 5.41) is 7.39. The van der Waals surface area contributed by atoms with Gasteiger partial charge < -0.3 is 4.74 Å². The Hall–Kier alpha value is -2.87. The number of benzene rings is 4. The average molecular weight is 286 g/mol.